The van der Waals surface area contributed by atoms with Crippen LogP contribution in [0.2, 0.25) is 0 Å². The quantitative estimate of drug-likeness (QED) is 0.500. The minimum Gasteiger partial charge on any atom is -0.468 e. The van der Waals surface area contributed by atoms with Crippen LogP contribution >= 0.6 is 0 Å². The number of aromatic nitrogens is 1. The minimum absolute atomic E-state index is 0.0189. The van der Waals surface area contributed by atoms with Gasteiger partial charge in [-0.25, -0.2) is 0 Å². The lowest BCUT2D eigenvalue weighted by molar-refractivity contribution is -0.164. The van der Waals surface area contributed by atoms with Gasteiger partial charge in [-0.1, -0.05) is 24.3 Å². The van der Waals surface area contributed by atoms with Gasteiger partial charge in [0.2, 0.25) is 0 Å². The fourth-order valence-corrected chi connectivity index (χ4v) is 5.03. The van der Waals surface area contributed by atoms with Gasteiger partial charge in [0.15, 0.2) is 5.92 Å². The predicted octanol–water partition coefficient (Wildman–Crippen LogP) is 2.85. The lowest BCUT2D eigenvalue weighted by Gasteiger charge is -2.46. The Kier molecular flexibility index (Phi) is 4.98. The summed E-state index contributed by atoms with van der Waals surface area (Å²) >= 11 is 0. The zero-order valence-corrected chi connectivity index (χ0v) is 16.3. The molecule has 0 amide bonds. The van der Waals surface area contributed by atoms with Gasteiger partial charge in [0.05, 0.1) is 20.3 Å². The Labute approximate surface area is 164 Å². The lowest BCUT2D eigenvalue weighted by atomic mass is 9.72. The van der Waals surface area contributed by atoms with E-state index in [-0.39, 0.29) is 17.9 Å². The summed E-state index contributed by atoms with van der Waals surface area (Å²) in [5.74, 6) is -2.20. The Morgan fingerprint density at radius 1 is 1.25 bits per heavy atom. The fourth-order valence-electron chi connectivity index (χ4n) is 5.03. The number of fused-ring (bicyclic) bond motifs is 5. The zero-order valence-electron chi connectivity index (χ0n) is 16.3. The molecule has 2 aromatic rings. The standard InChI is InChI=1S/C22H26N2O4/c1-4-13-12-24-10-9-15-14-7-5-6-8-17(14)23-20(15)18(24)11-16(13)19(21(25)27-2)22(26)28-3/h4-8,13,16,18-19,23H,1,9-12H2,2-3H3/t13-,16+,18-/m1/s1. The highest BCUT2D eigenvalue weighted by Crippen LogP contribution is 2.45. The summed E-state index contributed by atoms with van der Waals surface area (Å²) in [5, 5.41) is 1.26. The molecule has 0 bridgehead atoms. The summed E-state index contributed by atoms with van der Waals surface area (Å²) in [5.41, 5.74) is 3.68. The van der Waals surface area contributed by atoms with Gasteiger partial charge in [-0.05, 0) is 36.3 Å². The van der Waals surface area contributed by atoms with Gasteiger partial charge in [-0.2, -0.15) is 0 Å². The summed E-state index contributed by atoms with van der Waals surface area (Å²) in [6.07, 6.45) is 3.52. The summed E-state index contributed by atoms with van der Waals surface area (Å²) < 4.78 is 9.88. The summed E-state index contributed by atoms with van der Waals surface area (Å²) in [6, 6.07) is 8.47. The van der Waals surface area contributed by atoms with E-state index in [1.807, 2.05) is 12.1 Å². The normalized spacial score (nSPS) is 24.5. The summed E-state index contributed by atoms with van der Waals surface area (Å²) in [4.78, 5) is 30.9. The molecule has 148 valence electrons. The maximum atomic E-state index is 12.4. The number of carbonyl (C=O) groups excluding carboxylic acids is 2. The molecule has 6 heteroatoms. The van der Waals surface area contributed by atoms with Crippen molar-refractivity contribution in [1.29, 1.82) is 0 Å². The number of nitrogens with one attached hydrogen (secondary N) is 1. The predicted molar refractivity (Wildman–Crippen MR) is 106 cm³/mol. The van der Waals surface area contributed by atoms with Crippen LogP contribution in [0.4, 0.5) is 0 Å². The first-order valence-corrected chi connectivity index (χ1v) is 9.70. The maximum absolute atomic E-state index is 12.4. The van der Waals surface area contributed by atoms with Crippen molar-refractivity contribution in [3.05, 3.63) is 48.2 Å². The van der Waals surface area contributed by atoms with Gasteiger partial charge in [0, 0.05) is 29.7 Å². The molecule has 28 heavy (non-hydrogen) atoms. The lowest BCUT2D eigenvalue weighted by Crippen LogP contribution is -2.49. The smallest absolute Gasteiger partial charge is 0.320 e. The highest BCUT2D eigenvalue weighted by atomic mass is 16.5. The molecule has 1 N–H and O–H groups in total. The molecule has 2 aliphatic heterocycles. The van der Waals surface area contributed by atoms with Crippen LogP contribution in [0.1, 0.15) is 23.7 Å². The van der Waals surface area contributed by atoms with Gasteiger partial charge in [0.25, 0.3) is 0 Å². The molecule has 0 saturated carbocycles. The average Bonchev–Trinajstić information content (AvgIpc) is 3.12. The zero-order chi connectivity index (χ0) is 19.8. The number of ether oxygens (including phenoxy) is 2. The van der Waals surface area contributed by atoms with E-state index in [4.69, 9.17) is 9.47 Å². The number of nitrogens with zero attached hydrogens (tertiary/aromatic N) is 1. The molecule has 1 aromatic carbocycles. The first-order chi connectivity index (χ1) is 13.6. The van der Waals surface area contributed by atoms with Crippen molar-refractivity contribution in [1.82, 2.24) is 9.88 Å². The van der Waals surface area contributed by atoms with E-state index >= 15 is 0 Å². The molecular formula is C22H26N2O4. The van der Waals surface area contributed by atoms with Crippen LogP contribution in [0.3, 0.4) is 0 Å². The number of aromatic amines is 1. The van der Waals surface area contributed by atoms with Crippen molar-refractivity contribution in [3.8, 4) is 0 Å². The molecule has 6 nitrogen and oxygen atoms in total. The second-order valence-corrected chi connectivity index (χ2v) is 7.65. The Morgan fingerprint density at radius 3 is 2.64 bits per heavy atom. The van der Waals surface area contributed by atoms with Gasteiger partial charge in [-0.3, -0.25) is 14.5 Å². The molecule has 3 heterocycles. The monoisotopic (exact) mass is 382 g/mol. The van der Waals surface area contributed by atoms with E-state index in [1.165, 1.54) is 30.9 Å². The third-order valence-electron chi connectivity index (χ3n) is 6.40. The number of hydrogen-bond acceptors (Lipinski definition) is 5. The van der Waals surface area contributed by atoms with Crippen LogP contribution < -0.4 is 0 Å². The van der Waals surface area contributed by atoms with Crippen LogP contribution in [0.5, 0.6) is 0 Å². The van der Waals surface area contributed by atoms with Crippen molar-refractivity contribution < 1.29 is 19.1 Å². The summed E-state index contributed by atoms with van der Waals surface area (Å²) in [7, 11) is 2.62. The van der Waals surface area contributed by atoms with Crippen LogP contribution in [0, 0.1) is 17.8 Å². The molecule has 0 aliphatic carbocycles. The first-order valence-electron chi connectivity index (χ1n) is 9.70. The number of esters is 2. The third kappa shape index (κ3) is 2.92. The highest BCUT2D eigenvalue weighted by molar-refractivity contribution is 5.95. The Balaban J connectivity index is 1.73. The fraction of sp³-hybridized carbons (Fsp3) is 0.455. The molecule has 0 radical (unpaired) electrons. The van der Waals surface area contributed by atoms with Gasteiger partial charge in [0.1, 0.15) is 0 Å². The number of methoxy groups -OCH3 is 2. The van der Waals surface area contributed by atoms with Crippen molar-refractivity contribution in [2.75, 3.05) is 27.3 Å². The van der Waals surface area contributed by atoms with Crippen molar-refractivity contribution >= 4 is 22.8 Å². The molecular weight excluding hydrogens is 356 g/mol. The number of benzene rings is 1. The van der Waals surface area contributed by atoms with Crippen molar-refractivity contribution in [3.63, 3.8) is 0 Å². The molecule has 1 fully saturated rings. The SMILES string of the molecule is C=C[C@@H]1CN2CCc3c([nH]c4ccccc34)[C@H]2C[C@@H]1C(C(=O)OC)C(=O)OC. The minimum atomic E-state index is -0.935. The van der Waals surface area contributed by atoms with E-state index in [0.717, 1.165) is 25.0 Å². The van der Waals surface area contributed by atoms with E-state index in [2.05, 4.69) is 34.7 Å². The first kappa shape index (κ1) is 18.7. The highest BCUT2D eigenvalue weighted by Gasteiger charge is 2.47. The topological polar surface area (TPSA) is 71.6 Å². The Bertz CT molecular complexity index is 902. The molecule has 1 saturated heterocycles. The maximum Gasteiger partial charge on any atom is 0.320 e. The van der Waals surface area contributed by atoms with E-state index < -0.39 is 17.9 Å². The molecule has 3 atom stereocenters. The molecule has 2 aliphatic rings. The molecule has 0 unspecified atom stereocenters. The second kappa shape index (κ2) is 7.43. The van der Waals surface area contributed by atoms with E-state index in [0.29, 0.717) is 6.42 Å². The Hall–Kier alpha value is -2.60. The number of carbonyl (C=O) groups is 2. The second-order valence-electron chi connectivity index (χ2n) is 7.65. The molecule has 0 spiro atoms. The van der Waals surface area contributed by atoms with Crippen LogP contribution in [-0.2, 0) is 25.5 Å². The number of piperidine rings is 1. The van der Waals surface area contributed by atoms with Gasteiger partial charge >= 0.3 is 11.9 Å². The summed E-state index contributed by atoms with van der Waals surface area (Å²) in [6.45, 7) is 5.68. The largest absolute Gasteiger partial charge is 0.468 e. The number of rotatable bonds is 4. The number of para-hydroxylation sites is 1. The third-order valence-corrected chi connectivity index (χ3v) is 6.40. The van der Waals surface area contributed by atoms with Gasteiger partial charge < -0.3 is 14.5 Å². The van der Waals surface area contributed by atoms with E-state index in [9.17, 15) is 9.59 Å². The van der Waals surface area contributed by atoms with Crippen LogP contribution in [-0.4, -0.2) is 49.1 Å². The van der Waals surface area contributed by atoms with Crippen molar-refractivity contribution in [2.45, 2.75) is 18.9 Å². The molecule has 4 rings (SSSR count). The average molecular weight is 382 g/mol. The number of H-pyrrole nitrogens is 1. The van der Waals surface area contributed by atoms with E-state index in [1.54, 1.807) is 0 Å². The van der Waals surface area contributed by atoms with Gasteiger partial charge in [-0.15, -0.1) is 6.58 Å². The van der Waals surface area contributed by atoms with Crippen molar-refractivity contribution in [2.24, 2.45) is 17.8 Å². The van der Waals surface area contributed by atoms with Crippen LogP contribution in [0.25, 0.3) is 10.9 Å². The van der Waals surface area contributed by atoms with Crippen LogP contribution in [0.15, 0.2) is 36.9 Å². The number of hydrogen-bond donors (Lipinski definition) is 1. The molecule has 1 aromatic heterocycles. The Morgan fingerprint density at radius 2 is 1.96 bits per heavy atom.